The van der Waals surface area contributed by atoms with Crippen molar-refractivity contribution in [3.63, 3.8) is 0 Å². The van der Waals surface area contributed by atoms with E-state index in [1.54, 1.807) is 7.05 Å². The van der Waals surface area contributed by atoms with Crippen molar-refractivity contribution in [2.24, 2.45) is 4.99 Å². The van der Waals surface area contributed by atoms with E-state index in [1.165, 1.54) is 29.0 Å². The fourth-order valence-electron chi connectivity index (χ4n) is 4.88. The van der Waals surface area contributed by atoms with Gasteiger partial charge in [0.05, 0.1) is 11.7 Å². The van der Waals surface area contributed by atoms with Crippen molar-refractivity contribution in [3.8, 4) is 0 Å². The van der Waals surface area contributed by atoms with E-state index in [0.717, 1.165) is 17.7 Å². The zero-order valence-electron chi connectivity index (χ0n) is 20.6. The van der Waals surface area contributed by atoms with Crippen molar-refractivity contribution in [1.82, 2.24) is 20.2 Å². The van der Waals surface area contributed by atoms with Gasteiger partial charge in [0.1, 0.15) is 0 Å². The number of aromatic amines is 1. The Balaban J connectivity index is 1.48. The number of allylic oxidation sites excluding steroid dienone is 2. The molecule has 4 atom stereocenters. The minimum atomic E-state index is -0.292. The SMILES string of the molecule is CC(=O)N(C)C(=NC1C(c2ccccc2)C1c1cc(=O)[nH]c(N)n1)N/C(C)=C1/CC1c1ccccc1. The van der Waals surface area contributed by atoms with Crippen LogP contribution in [0.2, 0.25) is 0 Å². The number of hydrogen-bond acceptors (Lipinski definition) is 5. The van der Waals surface area contributed by atoms with E-state index in [9.17, 15) is 9.59 Å². The van der Waals surface area contributed by atoms with Gasteiger partial charge in [-0.15, -0.1) is 0 Å². The number of nitrogens with one attached hydrogen (secondary N) is 2. The van der Waals surface area contributed by atoms with Gasteiger partial charge in [-0.2, -0.15) is 0 Å². The first-order valence-corrected chi connectivity index (χ1v) is 12.1. The third-order valence-electron chi connectivity index (χ3n) is 7.02. The molecule has 8 heteroatoms. The maximum absolute atomic E-state index is 12.3. The fraction of sp³-hybridized carbons (Fsp3) is 0.286. The van der Waals surface area contributed by atoms with Crippen LogP contribution in [0.5, 0.6) is 0 Å². The second-order valence-electron chi connectivity index (χ2n) is 9.48. The maximum Gasteiger partial charge on any atom is 0.252 e. The summed E-state index contributed by atoms with van der Waals surface area (Å²) in [7, 11) is 1.71. The van der Waals surface area contributed by atoms with Gasteiger partial charge in [0.25, 0.3) is 5.56 Å². The minimum absolute atomic E-state index is 0.0167. The van der Waals surface area contributed by atoms with E-state index in [4.69, 9.17) is 10.7 Å². The number of aliphatic imine (C=N–C) groups is 1. The molecule has 0 radical (unpaired) electrons. The van der Waals surface area contributed by atoms with Crippen LogP contribution >= 0.6 is 0 Å². The molecule has 36 heavy (non-hydrogen) atoms. The molecular formula is C28H30N6O2. The fourth-order valence-corrected chi connectivity index (χ4v) is 4.88. The van der Waals surface area contributed by atoms with E-state index < -0.39 is 0 Å². The molecule has 1 amide bonds. The molecule has 4 unspecified atom stereocenters. The highest BCUT2D eigenvalue weighted by Crippen LogP contribution is 2.56. The molecule has 8 nitrogen and oxygen atoms in total. The van der Waals surface area contributed by atoms with Crippen molar-refractivity contribution < 1.29 is 4.79 Å². The molecular weight excluding hydrogens is 452 g/mol. The van der Waals surface area contributed by atoms with Gasteiger partial charge in [0.15, 0.2) is 0 Å². The number of H-pyrrole nitrogens is 1. The van der Waals surface area contributed by atoms with Crippen molar-refractivity contribution in [2.45, 2.75) is 44.1 Å². The molecule has 0 spiro atoms. The zero-order chi connectivity index (χ0) is 25.4. The molecule has 184 valence electrons. The predicted octanol–water partition coefficient (Wildman–Crippen LogP) is 3.49. The van der Waals surface area contributed by atoms with Crippen LogP contribution in [0.1, 0.15) is 54.8 Å². The largest absolute Gasteiger partial charge is 0.369 e. The predicted molar refractivity (Wildman–Crippen MR) is 140 cm³/mol. The third-order valence-corrected chi connectivity index (χ3v) is 7.02. The lowest BCUT2D eigenvalue weighted by atomic mass is 10.1. The summed E-state index contributed by atoms with van der Waals surface area (Å²) < 4.78 is 0. The molecule has 2 fully saturated rings. The molecule has 0 aliphatic heterocycles. The third kappa shape index (κ3) is 4.79. The number of aromatic nitrogens is 2. The summed E-state index contributed by atoms with van der Waals surface area (Å²) in [6.45, 7) is 3.54. The summed E-state index contributed by atoms with van der Waals surface area (Å²) >= 11 is 0. The van der Waals surface area contributed by atoms with E-state index in [2.05, 4.69) is 39.6 Å². The summed E-state index contributed by atoms with van der Waals surface area (Å²) in [4.78, 5) is 37.9. The second kappa shape index (κ2) is 9.45. The highest BCUT2D eigenvalue weighted by molar-refractivity contribution is 5.96. The Morgan fingerprint density at radius 3 is 2.31 bits per heavy atom. The number of benzene rings is 2. The molecule has 5 rings (SSSR count). The average molecular weight is 483 g/mol. The molecule has 1 aromatic heterocycles. The first kappa shape index (κ1) is 23.5. The van der Waals surface area contributed by atoms with Crippen molar-refractivity contribution >= 4 is 17.8 Å². The molecule has 1 heterocycles. The van der Waals surface area contributed by atoms with Crippen LogP contribution in [0, 0.1) is 0 Å². The molecule has 2 saturated carbocycles. The smallest absolute Gasteiger partial charge is 0.252 e. The molecule has 2 aromatic carbocycles. The summed E-state index contributed by atoms with van der Waals surface area (Å²) in [5.74, 6) is 0.720. The van der Waals surface area contributed by atoms with Gasteiger partial charge in [0, 0.05) is 43.5 Å². The van der Waals surface area contributed by atoms with Crippen LogP contribution in [0.4, 0.5) is 5.95 Å². The van der Waals surface area contributed by atoms with Crippen LogP contribution < -0.4 is 16.6 Å². The van der Waals surface area contributed by atoms with Gasteiger partial charge >= 0.3 is 0 Å². The standard InChI is InChI=1S/C28H30N6O2/c1-16(20-14-21(20)18-10-6-4-7-11-18)30-28(34(3)17(2)35)33-26-24(19-12-8-5-9-13-19)25(26)22-15-23(36)32-27(29)31-22/h4-13,15,21,24-26H,14H2,1-3H3,(H,30,33)(H3,29,31,32,36)/b20-16-. The van der Waals surface area contributed by atoms with Crippen molar-refractivity contribution in [2.75, 3.05) is 12.8 Å². The Morgan fingerprint density at radius 1 is 1.06 bits per heavy atom. The maximum atomic E-state index is 12.3. The number of nitrogens with two attached hydrogens (primary N) is 1. The Kier molecular flexibility index (Phi) is 6.18. The van der Waals surface area contributed by atoms with Gasteiger partial charge in [-0.05, 0) is 30.0 Å². The van der Waals surface area contributed by atoms with E-state index in [1.807, 2.05) is 43.3 Å². The molecule has 3 aromatic rings. The monoisotopic (exact) mass is 482 g/mol. The van der Waals surface area contributed by atoms with Gasteiger partial charge < -0.3 is 11.1 Å². The Hall–Kier alpha value is -4.20. The topological polar surface area (TPSA) is 116 Å². The van der Waals surface area contributed by atoms with E-state index in [0.29, 0.717) is 17.6 Å². The number of nitrogens with zero attached hydrogens (tertiary/aromatic N) is 3. The molecule has 2 aliphatic rings. The lowest BCUT2D eigenvalue weighted by molar-refractivity contribution is -0.124. The number of carbonyl (C=O) groups excluding carboxylic acids is 1. The van der Waals surface area contributed by atoms with Crippen LogP contribution in [-0.2, 0) is 4.79 Å². The highest BCUT2D eigenvalue weighted by Gasteiger charge is 2.54. The Labute approximate surface area is 210 Å². The Bertz CT molecular complexity index is 1400. The minimum Gasteiger partial charge on any atom is -0.369 e. The number of anilines is 1. The van der Waals surface area contributed by atoms with Gasteiger partial charge in [-0.1, -0.05) is 60.7 Å². The summed E-state index contributed by atoms with van der Waals surface area (Å²) in [6, 6.07) is 21.7. The van der Waals surface area contributed by atoms with Gasteiger partial charge in [-0.3, -0.25) is 19.5 Å². The normalized spacial score (nSPS) is 24.1. The van der Waals surface area contributed by atoms with Gasteiger partial charge in [-0.25, -0.2) is 9.98 Å². The zero-order valence-corrected chi connectivity index (χ0v) is 20.6. The molecule has 0 bridgehead atoms. The molecule has 2 aliphatic carbocycles. The summed E-state index contributed by atoms with van der Waals surface area (Å²) in [5.41, 5.74) is 10.8. The quantitative estimate of drug-likeness (QED) is 0.380. The number of nitrogen functional groups attached to an aromatic ring is 1. The van der Waals surface area contributed by atoms with Crippen LogP contribution in [-0.4, -0.2) is 39.8 Å². The summed E-state index contributed by atoms with van der Waals surface area (Å²) in [6.07, 6.45) is 0.981. The lowest BCUT2D eigenvalue weighted by Crippen LogP contribution is -2.41. The average Bonchev–Trinajstić information content (AvgIpc) is 3.78. The van der Waals surface area contributed by atoms with Crippen LogP contribution in [0.25, 0.3) is 0 Å². The summed E-state index contributed by atoms with van der Waals surface area (Å²) in [5, 5.41) is 3.42. The van der Waals surface area contributed by atoms with E-state index >= 15 is 0 Å². The highest BCUT2D eigenvalue weighted by atomic mass is 16.2. The molecule has 4 N–H and O–H groups in total. The number of rotatable bonds is 5. The van der Waals surface area contributed by atoms with E-state index in [-0.39, 0.29) is 35.3 Å². The number of guanidine groups is 1. The first-order valence-electron chi connectivity index (χ1n) is 12.1. The Morgan fingerprint density at radius 2 is 1.69 bits per heavy atom. The first-order chi connectivity index (χ1) is 17.3. The molecule has 0 saturated heterocycles. The van der Waals surface area contributed by atoms with Gasteiger partial charge in [0.2, 0.25) is 17.8 Å². The van der Waals surface area contributed by atoms with Crippen molar-refractivity contribution in [3.05, 3.63) is 105 Å². The van der Waals surface area contributed by atoms with Crippen LogP contribution in [0.15, 0.2) is 87.8 Å². The lowest BCUT2D eigenvalue weighted by Gasteiger charge is -2.20. The number of amides is 1. The number of carbonyl (C=O) groups is 1. The number of hydrogen-bond donors (Lipinski definition) is 3. The second-order valence-corrected chi connectivity index (χ2v) is 9.48. The van der Waals surface area contributed by atoms with Crippen molar-refractivity contribution in [1.29, 1.82) is 0 Å². The van der Waals surface area contributed by atoms with Crippen LogP contribution in [0.3, 0.4) is 0 Å².